The first-order chi connectivity index (χ1) is 6.74. The molecule has 2 heteroatoms. The number of hydrogen-bond acceptors (Lipinski definition) is 2. The van der Waals surface area contributed by atoms with Gasteiger partial charge in [-0.1, -0.05) is 19.9 Å². The van der Waals surface area contributed by atoms with Crippen molar-refractivity contribution in [2.24, 2.45) is 0 Å². The minimum Gasteiger partial charge on any atom is -0.311 e. The van der Waals surface area contributed by atoms with Gasteiger partial charge in [0.05, 0.1) is 0 Å². The van der Waals surface area contributed by atoms with Crippen molar-refractivity contribution in [3.8, 4) is 0 Å². The van der Waals surface area contributed by atoms with Gasteiger partial charge in [-0.3, -0.25) is 0 Å². The number of nitrogens with zero attached hydrogens (tertiary/aromatic N) is 1. The number of rotatable bonds is 9. The average Bonchev–Trinajstić information content (AvgIpc) is 2.21. The highest BCUT2D eigenvalue weighted by atomic mass is 15.1. The fraction of sp³-hybridized carbons (Fsp3) is 0.833. The third-order valence-electron chi connectivity index (χ3n) is 2.62. The minimum absolute atomic E-state index is 0.614. The van der Waals surface area contributed by atoms with Gasteiger partial charge in [0.2, 0.25) is 0 Å². The van der Waals surface area contributed by atoms with Crippen LogP contribution in [0.4, 0.5) is 0 Å². The monoisotopic (exact) mass is 198 g/mol. The molecule has 0 aliphatic rings. The molecule has 0 bridgehead atoms. The lowest BCUT2D eigenvalue weighted by atomic mass is 10.2. The second-order valence-electron chi connectivity index (χ2n) is 3.77. The van der Waals surface area contributed by atoms with Crippen LogP contribution >= 0.6 is 0 Å². The molecule has 0 saturated heterocycles. The standard InChI is InChI=1S/C12H26N2/c1-5-10-13-12(4)9-8-11-14(6-2)7-3/h5,12-13H,1,6-11H2,2-4H3. The number of nitrogens with one attached hydrogen (secondary N) is 1. The fourth-order valence-electron chi connectivity index (χ4n) is 1.55. The van der Waals surface area contributed by atoms with Crippen LogP contribution in [0.15, 0.2) is 12.7 Å². The molecular formula is C12H26N2. The van der Waals surface area contributed by atoms with Crippen molar-refractivity contribution >= 4 is 0 Å². The van der Waals surface area contributed by atoms with E-state index in [0.29, 0.717) is 6.04 Å². The van der Waals surface area contributed by atoms with E-state index in [-0.39, 0.29) is 0 Å². The molecule has 0 aromatic carbocycles. The van der Waals surface area contributed by atoms with Crippen molar-refractivity contribution in [3.05, 3.63) is 12.7 Å². The Bertz CT molecular complexity index is 130. The highest BCUT2D eigenvalue weighted by Crippen LogP contribution is 1.99. The summed E-state index contributed by atoms with van der Waals surface area (Å²) in [6, 6.07) is 0.614. The zero-order valence-corrected chi connectivity index (χ0v) is 10.1. The van der Waals surface area contributed by atoms with Gasteiger partial charge in [-0.05, 0) is 39.4 Å². The molecule has 0 aliphatic carbocycles. The van der Waals surface area contributed by atoms with Crippen molar-refractivity contribution in [1.29, 1.82) is 0 Å². The molecule has 0 rings (SSSR count). The summed E-state index contributed by atoms with van der Waals surface area (Å²) in [5, 5.41) is 3.41. The maximum atomic E-state index is 3.70. The van der Waals surface area contributed by atoms with Gasteiger partial charge in [0.15, 0.2) is 0 Å². The van der Waals surface area contributed by atoms with Gasteiger partial charge in [-0.25, -0.2) is 0 Å². The summed E-state index contributed by atoms with van der Waals surface area (Å²) in [7, 11) is 0. The van der Waals surface area contributed by atoms with Crippen LogP contribution in [0.1, 0.15) is 33.6 Å². The Morgan fingerprint density at radius 1 is 1.36 bits per heavy atom. The smallest absolute Gasteiger partial charge is 0.0134 e. The first-order valence-electron chi connectivity index (χ1n) is 5.81. The molecule has 84 valence electrons. The van der Waals surface area contributed by atoms with Crippen LogP contribution in [0.2, 0.25) is 0 Å². The second kappa shape index (κ2) is 9.22. The first-order valence-corrected chi connectivity index (χ1v) is 5.81. The first kappa shape index (κ1) is 13.7. The quantitative estimate of drug-likeness (QED) is 0.572. The van der Waals surface area contributed by atoms with Crippen molar-refractivity contribution in [2.45, 2.75) is 39.7 Å². The van der Waals surface area contributed by atoms with Crippen LogP contribution < -0.4 is 5.32 Å². The molecular weight excluding hydrogens is 172 g/mol. The van der Waals surface area contributed by atoms with Crippen LogP contribution in [-0.2, 0) is 0 Å². The van der Waals surface area contributed by atoms with Gasteiger partial charge in [0.1, 0.15) is 0 Å². The highest BCUT2D eigenvalue weighted by Gasteiger charge is 2.02. The lowest BCUT2D eigenvalue weighted by Gasteiger charge is -2.19. The summed E-state index contributed by atoms with van der Waals surface area (Å²) in [6.07, 6.45) is 4.46. The molecule has 0 heterocycles. The molecule has 0 aromatic heterocycles. The Kier molecular flexibility index (Phi) is 9.00. The summed E-state index contributed by atoms with van der Waals surface area (Å²) in [5.41, 5.74) is 0. The molecule has 1 unspecified atom stereocenters. The van der Waals surface area contributed by atoms with Crippen molar-refractivity contribution in [3.63, 3.8) is 0 Å². The molecule has 0 aliphatic heterocycles. The molecule has 2 nitrogen and oxygen atoms in total. The van der Waals surface area contributed by atoms with E-state index in [1.54, 1.807) is 0 Å². The summed E-state index contributed by atoms with van der Waals surface area (Å²) in [6.45, 7) is 14.9. The van der Waals surface area contributed by atoms with E-state index in [4.69, 9.17) is 0 Å². The average molecular weight is 198 g/mol. The van der Waals surface area contributed by atoms with E-state index >= 15 is 0 Å². The Hall–Kier alpha value is -0.340. The normalized spacial score (nSPS) is 13.1. The fourth-order valence-corrected chi connectivity index (χ4v) is 1.55. The zero-order chi connectivity index (χ0) is 10.8. The van der Waals surface area contributed by atoms with Crippen LogP contribution in [0, 0.1) is 0 Å². The predicted octanol–water partition coefficient (Wildman–Crippen LogP) is 2.27. The zero-order valence-electron chi connectivity index (χ0n) is 10.1. The maximum absolute atomic E-state index is 3.70. The Morgan fingerprint density at radius 2 is 2.00 bits per heavy atom. The summed E-state index contributed by atoms with van der Waals surface area (Å²) in [4.78, 5) is 2.47. The van der Waals surface area contributed by atoms with Crippen molar-refractivity contribution in [1.82, 2.24) is 10.2 Å². The lowest BCUT2D eigenvalue weighted by molar-refractivity contribution is 0.291. The van der Waals surface area contributed by atoms with E-state index in [2.05, 4.69) is 37.6 Å². The molecule has 0 saturated carbocycles. The van der Waals surface area contributed by atoms with Crippen LogP contribution in [-0.4, -0.2) is 37.1 Å². The van der Waals surface area contributed by atoms with E-state index in [9.17, 15) is 0 Å². The Morgan fingerprint density at radius 3 is 2.50 bits per heavy atom. The summed E-state index contributed by atoms with van der Waals surface area (Å²) < 4.78 is 0. The molecule has 0 amide bonds. The third kappa shape index (κ3) is 7.10. The molecule has 1 N–H and O–H groups in total. The van der Waals surface area contributed by atoms with Gasteiger partial charge in [-0.15, -0.1) is 6.58 Å². The summed E-state index contributed by atoms with van der Waals surface area (Å²) in [5.74, 6) is 0. The van der Waals surface area contributed by atoms with Gasteiger partial charge in [0, 0.05) is 12.6 Å². The van der Waals surface area contributed by atoms with Gasteiger partial charge in [0.25, 0.3) is 0 Å². The van der Waals surface area contributed by atoms with E-state index in [0.717, 1.165) is 6.54 Å². The van der Waals surface area contributed by atoms with Crippen molar-refractivity contribution < 1.29 is 0 Å². The van der Waals surface area contributed by atoms with Crippen LogP contribution in [0.3, 0.4) is 0 Å². The van der Waals surface area contributed by atoms with Crippen LogP contribution in [0.25, 0.3) is 0 Å². The number of hydrogen-bond donors (Lipinski definition) is 1. The van der Waals surface area contributed by atoms with Crippen LogP contribution in [0.5, 0.6) is 0 Å². The van der Waals surface area contributed by atoms with Crippen molar-refractivity contribution in [2.75, 3.05) is 26.2 Å². The highest BCUT2D eigenvalue weighted by molar-refractivity contribution is 4.73. The SMILES string of the molecule is C=CCNC(C)CCCN(CC)CC. The van der Waals surface area contributed by atoms with E-state index in [1.165, 1.54) is 32.5 Å². The molecule has 1 atom stereocenters. The van der Waals surface area contributed by atoms with E-state index < -0.39 is 0 Å². The molecule has 14 heavy (non-hydrogen) atoms. The molecule has 0 radical (unpaired) electrons. The van der Waals surface area contributed by atoms with Gasteiger partial charge < -0.3 is 10.2 Å². The Balaban J connectivity index is 3.37. The van der Waals surface area contributed by atoms with E-state index in [1.807, 2.05) is 6.08 Å². The second-order valence-corrected chi connectivity index (χ2v) is 3.77. The molecule has 0 fully saturated rings. The molecule has 0 aromatic rings. The largest absolute Gasteiger partial charge is 0.311 e. The topological polar surface area (TPSA) is 15.3 Å². The van der Waals surface area contributed by atoms with Gasteiger partial charge >= 0.3 is 0 Å². The third-order valence-corrected chi connectivity index (χ3v) is 2.62. The summed E-state index contributed by atoms with van der Waals surface area (Å²) >= 11 is 0. The Labute approximate surface area is 89.4 Å². The lowest BCUT2D eigenvalue weighted by Crippen LogP contribution is -2.29. The predicted molar refractivity (Wildman–Crippen MR) is 64.7 cm³/mol. The molecule has 0 spiro atoms. The minimum atomic E-state index is 0.614. The maximum Gasteiger partial charge on any atom is 0.0134 e. The van der Waals surface area contributed by atoms with Gasteiger partial charge in [-0.2, -0.15) is 0 Å².